The van der Waals surface area contributed by atoms with Crippen molar-refractivity contribution in [2.75, 3.05) is 17.3 Å². The van der Waals surface area contributed by atoms with Gasteiger partial charge < -0.3 is 15.0 Å². The van der Waals surface area contributed by atoms with Crippen LogP contribution in [0, 0.1) is 0 Å². The number of para-hydroxylation sites is 1. The zero-order valence-corrected chi connectivity index (χ0v) is 19.0. The van der Waals surface area contributed by atoms with Crippen molar-refractivity contribution in [2.45, 2.75) is 13.0 Å². The first kappa shape index (κ1) is 22.8. The minimum absolute atomic E-state index is 0.0885. The highest BCUT2D eigenvalue weighted by atomic mass is 16.5. The Labute approximate surface area is 199 Å². The van der Waals surface area contributed by atoms with Crippen molar-refractivity contribution in [3.05, 3.63) is 126 Å². The second kappa shape index (κ2) is 11.0. The molecule has 4 aromatic rings. The lowest BCUT2D eigenvalue weighted by Crippen LogP contribution is -2.30. The Morgan fingerprint density at radius 2 is 1.32 bits per heavy atom. The molecule has 2 amide bonds. The van der Waals surface area contributed by atoms with Crippen LogP contribution in [0.4, 0.5) is 11.4 Å². The van der Waals surface area contributed by atoms with Crippen LogP contribution in [-0.4, -0.2) is 18.9 Å². The standard InChI is InChI=1S/C29H26N2O3/c1-34-27-18-14-23(15-19-27)21-31(29(33)24-8-4-2-5-9-24)26-16-12-22(13-17-26)20-28(32)30-25-10-6-3-7-11-25/h2-19H,20-21H2,1H3,(H,30,32). The quantitative estimate of drug-likeness (QED) is 0.373. The molecule has 4 aromatic carbocycles. The summed E-state index contributed by atoms with van der Waals surface area (Å²) in [6.45, 7) is 0.408. The van der Waals surface area contributed by atoms with Crippen LogP contribution in [0.3, 0.4) is 0 Å². The molecule has 1 N–H and O–H groups in total. The third-order valence-corrected chi connectivity index (χ3v) is 5.44. The second-order valence-corrected chi connectivity index (χ2v) is 7.86. The first-order valence-electron chi connectivity index (χ1n) is 11.1. The van der Waals surface area contributed by atoms with Crippen LogP contribution >= 0.6 is 0 Å². The maximum absolute atomic E-state index is 13.4. The van der Waals surface area contributed by atoms with Crippen LogP contribution in [0.5, 0.6) is 5.75 Å². The summed E-state index contributed by atoms with van der Waals surface area (Å²) < 4.78 is 5.24. The summed E-state index contributed by atoms with van der Waals surface area (Å²) >= 11 is 0. The van der Waals surface area contributed by atoms with Crippen molar-refractivity contribution < 1.29 is 14.3 Å². The molecular weight excluding hydrogens is 424 g/mol. The van der Waals surface area contributed by atoms with Gasteiger partial charge in [-0.3, -0.25) is 9.59 Å². The minimum Gasteiger partial charge on any atom is -0.497 e. The number of nitrogens with zero attached hydrogens (tertiary/aromatic N) is 1. The fourth-order valence-corrected chi connectivity index (χ4v) is 3.64. The van der Waals surface area contributed by atoms with Gasteiger partial charge in [-0.15, -0.1) is 0 Å². The minimum atomic E-state index is -0.0917. The van der Waals surface area contributed by atoms with E-state index in [1.54, 1.807) is 12.0 Å². The van der Waals surface area contributed by atoms with E-state index in [1.165, 1.54) is 0 Å². The second-order valence-electron chi connectivity index (χ2n) is 7.86. The molecule has 0 saturated heterocycles. The Hall–Kier alpha value is -4.38. The van der Waals surface area contributed by atoms with Crippen LogP contribution in [0.15, 0.2) is 109 Å². The number of rotatable bonds is 8. The van der Waals surface area contributed by atoms with Crippen LogP contribution in [0.25, 0.3) is 0 Å². The summed E-state index contributed by atoms with van der Waals surface area (Å²) in [5.41, 5.74) is 3.99. The van der Waals surface area contributed by atoms with Crippen molar-refractivity contribution in [3.63, 3.8) is 0 Å². The van der Waals surface area contributed by atoms with Crippen LogP contribution < -0.4 is 15.0 Å². The average molecular weight is 451 g/mol. The van der Waals surface area contributed by atoms with Gasteiger partial charge in [-0.2, -0.15) is 0 Å². The highest BCUT2D eigenvalue weighted by molar-refractivity contribution is 6.06. The molecule has 4 rings (SSSR count). The number of anilines is 2. The lowest BCUT2D eigenvalue weighted by Gasteiger charge is -2.23. The summed E-state index contributed by atoms with van der Waals surface area (Å²) in [7, 11) is 1.63. The van der Waals surface area contributed by atoms with Crippen LogP contribution in [-0.2, 0) is 17.8 Å². The maximum atomic E-state index is 13.4. The summed E-state index contributed by atoms with van der Waals surface area (Å²) in [5.74, 6) is 0.586. The van der Waals surface area contributed by atoms with Gasteiger partial charge in [0.05, 0.1) is 20.1 Å². The molecular formula is C29H26N2O3. The molecule has 0 aromatic heterocycles. The van der Waals surface area contributed by atoms with Gasteiger partial charge in [0.1, 0.15) is 5.75 Å². The van der Waals surface area contributed by atoms with E-state index in [4.69, 9.17) is 4.74 Å². The number of nitrogens with one attached hydrogen (secondary N) is 1. The van der Waals surface area contributed by atoms with Gasteiger partial charge in [0, 0.05) is 16.9 Å². The molecule has 0 aliphatic carbocycles. The molecule has 0 unspecified atom stereocenters. The molecule has 0 bridgehead atoms. The Balaban J connectivity index is 1.52. The molecule has 0 radical (unpaired) electrons. The average Bonchev–Trinajstić information content (AvgIpc) is 2.89. The predicted octanol–water partition coefficient (Wildman–Crippen LogP) is 5.72. The highest BCUT2D eigenvalue weighted by Gasteiger charge is 2.18. The van der Waals surface area contributed by atoms with Crippen molar-refractivity contribution in [1.29, 1.82) is 0 Å². The van der Waals surface area contributed by atoms with Crippen molar-refractivity contribution in [3.8, 4) is 5.75 Å². The molecule has 5 nitrogen and oxygen atoms in total. The Morgan fingerprint density at radius 3 is 1.94 bits per heavy atom. The molecule has 0 saturated carbocycles. The van der Waals surface area contributed by atoms with E-state index < -0.39 is 0 Å². The topological polar surface area (TPSA) is 58.6 Å². The summed E-state index contributed by atoms with van der Waals surface area (Å²) in [6, 6.07) is 33.8. The maximum Gasteiger partial charge on any atom is 0.258 e. The van der Waals surface area contributed by atoms with E-state index in [-0.39, 0.29) is 18.2 Å². The number of carbonyl (C=O) groups is 2. The number of carbonyl (C=O) groups excluding carboxylic acids is 2. The normalized spacial score (nSPS) is 10.4. The molecule has 0 heterocycles. The van der Waals surface area contributed by atoms with E-state index in [1.807, 2.05) is 109 Å². The Morgan fingerprint density at radius 1 is 0.735 bits per heavy atom. The molecule has 0 aliphatic rings. The summed E-state index contributed by atoms with van der Waals surface area (Å²) in [4.78, 5) is 27.5. The number of hydrogen-bond donors (Lipinski definition) is 1. The van der Waals surface area contributed by atoms with Gasteiger partial charge in [0.15, 0.2) is 0 Å². The van der Waals surface area contributed by atoms with Crippen LogP contribution in [0.1, 0.15) is 21.5 Å². The van der Waals surface area contributed by atoms with E-state index in [0.29, 0.717) is 12.1 Å². The number of methoxy groups -OCH3 is 1. The summed E-state index contributed by atoms with van der Waals surface area (Å²) in [6.07, 6.45) is 0.250. The molecule has 34 heavy (non-hydrogen) atoms. The van der Waals surface area contributed by atoms with Gasteiger partial charge >= 0.3 is 0 Å². The largest absolute Gasteiger partial charge is 0.497 e. The molecule has 170 valence electrons. The number of benzene rings is 4. The van der Waals surface area contributed by atoms with Gasteiger partial charge in [-0.05, 0) is 59.7 Å². The molecule has 0 fully saturated rings. The Bertz CT molecular complexity index is 1220. The molecule has 0 spiro atoms. The highest BCUT2D eigenvalue weighted by Crippen LogP contribution is 2.23. The first-order chi connectivity index (χ1) is 16.6. The van der Waals surface area contributed by atoms with Crippen molar-refractivity contribution in [1.82, 2.24) is 0 Å². The number of hydrogen-bond acceptors (Lipinski definition) is 3. The number of ether oxygens (including phenoxy) is 1. The lowest BCUT2D eigenvalue weighted by molar-refractivity contribution is -0.115. The predicted molar refractivity (Wildman–Crippen MR) is 135 cm³/mol. The van der Waals surface area contributed by atoms with Gasteiger partial charge in [0.2, 0.25) is 5.91 Å². The fraction of sp³-hybridized carbons (Fsp3) is 0.103. The van der Waals surface area contributed by atoms with E-state index in [0.717, 1.165) is 28.3 Å². The first-order valence-corrected chi connectivity index (χ1v) is 11.1. The van der Waals surface area contributed by atoms with Gasteiger partial charge in [-0.25, -0.2) is 0 Å². The number of amides is 2. The summed E-state index contributed by atoms with van der Waals surface area (Å²) in [5, 5.41) is 2.90. The molecule has 0 aliphatic heterocycles. The van der Waals surface area contributed by atoms with Gasteiger partial charge in [0.25, 0.3) is 5.91 Å². The van der Waals surface area contributed by atoms with E-state index in [2.05, 4.69) is 5.32 Å². The molecule has 0 atom stereocenters. The zero-order chi connectivity index (χ0) is 23.8. The van der Waals surface area contributed by atoms with Crippen LogP contribution in [0.2, 0.25) is 0 Å². The lowest BCUT2D eigenvalue weighted by atomic mass is 10.1. The zero-order valence-electron chi connectivity index (χ0n) is 19.0. The van der Waals surface area contributed by atoms with Crippen molar-refractivity contribution in [2.24, 2.45) is 0 Å². The van der Waals surface area contributed by atoms with E-state index >= 15 is 0 Å². The van der Waals surface area contributed by atoms with E-state index in [9.17, 15) is 9.59 Å². The monoisotopic (exact) mass is 450 g/mol. The third-order valence-electron chi connectivity index (χ3n) is 5.44. The van der Waals surface area contributed by atoms with Crippen molar-refractivity contribution >= 4 is 23.2 Å². The fourth-order valence-electron chi connectivity index (χ4n) is 3.64. The third kappa shape index (κ3) is 5.90. The Kier molecular flexibility index (Phi) is 7.35. The van der Waals surface area contributed by atoms with Gasteiger partial charge in [-0.1, -0.05) is 60.7 Å². The smallest absolute Gasteiger partial charge is 0.258 e. The SMILES string of the molecule is COc1ccc(CN(C(=O)c2ccccc2)c2ccc(CC(=O)Nc3ccccc3)cc2)cc1. The molecule has 5 heteroatoms.